The van der Waals surface area contributed by atoms with Crippen LogP contribution in [0.1, 0.15) is 50.8 Å². The van der Waals surface area contributed by atoms with E-state index >= 15 is 0 Å². The Hall–Kier alpha value is -2.84. The van der Waals surface area contributed by atoms with Crippen molar-refractivity contribution in [2.75, 3.05) is 23.9 Å². The van der Waals surface area contributed by atoms with Crippen molar-refractivity contribution in [3.05, 3.63) is 41.7 Å². The minimum atomic E-state index is -4.38. The number of ether oxygens (including phenoxy) is 1. The zero-order valence-electron chi connectivity index (χ0n) is 17.9. The van der Waals surface area contributed by atoms with E-state index in [1.165, 1.54) is 6.20 Å². The van der Waals surface area contributed by atoms with Gasteiger partial charge in [0, 0.05) is 17.4 Å². The minimum absolute atomic E-state index is 0.0886. The second-order valence-corrected chi connectivity index (χ2v) is 7.71. The van der Waals surface area contributed by atoms with E-state index in [0.717, 1.165) is 24.1 Å². The Kier molecular flexibility index (Phi) is 6.71. The van der Waals surface area contributed by atoms with Crippen LogP contribution in [0.4, 0.5) is 24.8 Å². The summed E-state index contributed by atoms with van der Waals surface area (Å²) in [6.07, 6.45) is -0.285. The first kappa shape index (κ1) is 22.8. The summed E-state index contributed by atoms with van der Waals surface area (Å²) in [7, 11) is 1.58. The molecule has 0 aliphatic carbocycles. The number of alkyl halides is 3. The van der Waals surface area contributed by atoms with Crippen molar-refractivity contribution < 1.29 is 22.7 Å². The van der Waals surface area contributed by atoms with Gasteiger partial charge in [-0.05, 0) is 37.1 Å². The third-order valence-corrected chi connectivity index (χ3v) is 5.49. The molecule has 0 unspecified atom stereocenters. The van der Waals surface area contributed by atoms with Crippen LogP contribution in [0.2, 0.25) is 0 Å². The zero-order chi connectivity index (χ0) is 22.6. The van der Waals surface area contributed by atoms with E-state index in [1.54, 1.807) is 24.1 Å². The van der Waals surface area contributed by atoms with Gasteiger partial charge in [-0.2, -0.15) is 13.2 Å². The quantitative estimate of drug-likeness (QED) is 0.641. The molecule has 1 aliphatic heterocycles. The fourth-order valence-corrected chi connectivity index (χ4v) is 4.20. The van der Waals surface area contributed by atoms with Crippen LogP contribution < -0.4 is 15.0 Å². The topological polar surface area (TPSA) is 67.4 Å². The number of rotatable bonds is 8. The number of nitrogens with zero attached hydrogens (tertiary/aromatic N) is 3. The second-order valence-electron chi connectivity index (χ2n) is 7.71. The molecular formula is C22H27F3N4O2. The number of fused-ring (bicyclic) bond motifs is 1. The third kappa shape index (κ3) is 4.75. The number of anilines is 2. The number of aromatic nitrogens is 2. The van der Waals surface area contributed by atoms with Crippen molar-refractivity contribution >= 4 is 17.5 Å². The van der Waals surface area contributed by atoms with Crippen molar-refractivity contribution in [1.29, 1.82) is 0 Å². The van der Waals surface area contributed by atoms with Crippen LogP contribution in [-0.2, 0) is 16.8 Å². The number of nitrogens with one attached hydrogen (secondary N) is 1. The maximum Gasteiger partial charge on any atom is 0.405 e. The predicted octanol–water partition coefficient (Wildman–Crippen LogP) is 4.84. The maximum absolute atomic E-state index is 13.8. The van der Waals surface area contributed by atoms with Gasteiger partial charge in [-0.15, -0.1) is 0 Å². The van der Waals surface area contributed by atoms with Crippen LogP contribution in [0, 0.1) is 0 Å². The molecule has 2 aromatic rings. The Morgan fingerprint density at radius 3 is 2.35 bits per heavy atom. The van der Waals surface area contributed by atoms with Crippen molar-refractivity contribution in [1.82, 2.24) is 9.97 Å². The summed E-state index contributed by atoms with van der Waals surface area (Å²) >= 11 is 0. The van der Waals surface area contributed by atoms with Crippen LogP contribution in [0.3, 0.4) is 0 Å². The molecule has 1 aromatic heterocycles. The van der Waals surface area contributed by atoms with Crippen LogP contribution in [0.15, 0.2) is 30.5 Å². The van der Waals surface area contributed by atoms with E-state index in [2.05, 4.69) is 15.3 Å². The van der Waals surface area contributed by atoms with Crippen LogP contribution >= 0.6 is 0 Å². The van der Waals surface area contributed by atoms with Gasteiger partial charge < -0.3 is 15.0 Å². The number of methoxy groups -OCH3 is 1. The van der Waals surface area contributed by atoms with Gasteiger partial charge in [-0.1, -0.05) is 26.7 Å². The van der Waals surface area contributed by atoms with Gasteiger partial charge in [0.2, 0.25) is 11.9 Å². The van der Waals surface area contributed by atoms with Gasteiger partial charge in [0.1, 0.15) is 12.3 Å². The molecule has 0 atom stereocenters. The van der Waals surface area contributed by atoms with Crippen molar-refractivity contribution in [3.8, 4) is 5.75 Å². The molecule has 6 nitrogen and oxygen atoms in total. The van der Waals surface area contributed by atoms with E-state index in [1.807, 2.05) is 26.0 Å². The predicted molar refractivity (Wildman–Crippen MR) is 112 cm³/mol. The molecule has 1 aromatic carbocycles. The molecule has 0 bridgehead atoms. The summed E-state index contributed by atoms with van der Waals surface area (Å²) in [5, 5.41) is 2.24. The first-order valence-corrected chi connectivity index (χ1v) is 10.4. The summed E-state index contributed by atoms with van der Waals surface area (Å²) in [4.78, 5) is 24.0. The number of benzene rings is 1. The summed E-state index contributed by atoms with van der Waals surface area (Å²) in [5.74, 6) is 0.485. The molecule has 3 rings (SSSR count). The molecule has 0 spiro atoms. The largest absolute Gasteiger partial charge is 0.497 e. The molecule has 9 heteroatoms. The lowest BCUT2D eigenvalue weighted by atomic mass is 9.71. The van der Waals surface area contributed by atoms with Gasteiger partial charge in [0.05, 0.1) is 24.8 Å². The van der Waals surface area contributed by atoms with E-state index in [-0.39, 0.29) is 18.4 Å². The summed E-state index contributed by atoms with van der Waals surface area (Å²) in [6, 6.07) is 7.23. The molecule has 1 aliphatic rings. The van der Waals surface area contributed by atoms with Crippen molar-refractivity contribution in [2.45, 2.75) is 57.7 Å². The smallest absolute Gasteiger partial charge is 0.405 e. The standard InChI is InChI=1S/C22H27F3N4O2/c1-4-10-21(11-5-2)18-15(12-26-20(28-18)27-14-22(23,24)25)13-29(19(21)30)16-6-8-17(31-3)9-7-16/h6-9,12H,4-5,10-11,13-14H2,1-3H3,(H,26,27,28). The minimum Gasteiger partial charge on any atom is -0.497 e. The molecule has 1 N–H and O–H groups in total. The number of halogens is 3. The molecule has 1 amide bonds. The van der Waals surface area contributed by atoms with Crippen molar-refractivity contribution in [3.63, 3.8) is 0 Å². The Labute approximate surface area is 179 Å². The lowest BCUT2D eigenvalue weighted by molar-refractivity contribution is -0.125. The second kappa shape index (κ2) is 9.11. The Bertz CT molecular complexity index is 910. The first-order valence-electron chi connectivity index (χ1n) is 10.4. The Morgan fingerprint density at radius 1 is 1.16 bits per heavy atom. The summed E-state index contributed by atoms with van der Waals surface area (Å²) < 4.78 is 43.1. The highest BCUT2D eigenvalue weighted by Crippen LogP contribution is 2.43. The first-order chi connectivity index (χ1) is 14.7. The van der Waals surface area contributed by atoms with E-state index < -0.39 is 18.1 Å². The molecule has 0 saturated heterocycles. The van der Waals surface area contributed by atoms with Gasteiger partial charge >= 0.3 is 6.18 Å². The highest BCUT2D eigenvalue weighted by Gasteiger charge is 2.48. The normalized spacial score (nSPS) is 15.5. The highest BCUT2D eigenvalue weighted by atomic mass is 19.4. The Balaban J connectivity index is 2.06. The molecule has 31 heavy (non-hydrogen) atoms. The number of hydrogen-bond acceptors (Lipinski definition) is 5. The fourth-order valence-electron chi connectivity index (χ4n) is 4.20. The zero-order valence-corrected chi connectivity index (χ0v) is 17.9. The molecule has 0 fully saturated rings. The van der Waals surface area contributed by atoms with Crippen molar-refractivity contribution in [2.24, 2.45) is 0 Å². The van der Waals surface area contributed by atoms with Crippen LogP contribution in [-0.4, -0.2) is 35.7 Å². The van der Waals surface area contributed by atoms with Crippen LogP contribution in [0.25, 0.3) is 0 Å². The average Bonchev–Trinajstić information content (AvgIpc) is 2.75. The maximum atomic E-state index is 13.8. The molecule has 0 saturated carbocycles. The number of hydrogen-bond donors (Lipinski definition) is 1. The molecule has 2 heterocycles. The Morgan fingerprint density at radius 2 is 1.81 bits per heavy atom. The SMILES string of the molecule is CCCC1(CCC)C(=O)N(c2ccc(OC)cc2)Cc2cnc(NCC(F)(F)F)nc21. The molecular weight excluding hydrogens is 409 g/mol. The third-order valence-electron chi connectivity index (χ3n) is 5.49. The van der Waals surface area contributed by atoms with E-state index in [9.17, 15) is 18.0 Å². The molecule has 168 valence electrons. The fraction of sp³-hybridized carbons (Fsp3) is 0.500. The summed E-state index contributed by atoms with van der Waals surface area (Å²) in [5.41, 5.74) is 1.10. The average molecular weight is 436 g/mol. The number of amides is 1. The van der Waals surface area contributed by atoms with Crippen LogP contribution in [0.5, 0.6) is 5.75 Å². The van der Waals surface area contributed by atoms with Gasteiger partial charge in [0.15, 0.2) is 0 Å². The van der Waals surface area contributed by atoms with Gasteiger partial charge in [-0.3, -0.25) is 4.79 Å². The van der Waals surface area contributed by atoms with E-state index in [4.69, 9.17) is 4.74 Å². The van der Waals surface area contributed by atoms with Gasteiger partial charge in [-0.25, -0.2) is 9.97 Å². The van der Waals surface area contributed by atoms with E-state index in [0.29, 0.717) is 24.3 Å². The number of carbonyl (C=O) groups is 1. The summed E-state index contributed by atoms with van der Waals surface area (Å²) in [6.45, 7) is 3.00. The highest BCUT2D eigenvalue weighted by molar-refractivity contribution is 6.02. The lowest BCUT2D eigenvalue weighted by Crippen LogP contribution is -2.52. The lowest BCUT2D eigenvalue weighted by Gasteiger charge is -2.42. The monoisotopic (exact) mass is 436 g/mol. The molecule has 0 radical (unpaired) electrons. The number of carbonyl (C=O) groups excluding carboxylic acids is 1. The van der Waals surface area contributed by atoms with Gasteiger partial charge in [0.25, 0.3) is 0 Å².